The fourth-order valence-corrected chi connectivity index (χ4v) is 3.04. The fourth-order valence-electron chi connectivity index (χ4n) is 2.68. The number of nitrogens with zero attached hydrogens (tertiary/aromatic N) is 3. The van der Waals surface area contributed by atoms with Crippen molar-refractivity contribution in [3.05, 3.63) is 63.9 Å². The average molecular weight is 385 g/mol. The number of aromatic nitrogens is 3. The second-order valence-electron chi connectivity index (χ2n) is 5.08. The third-order valence-corrected chi connectivity index (χ3v) is 4.43. The zero-order valence-electron chi connectivity index (χ0n) is 11.4. The van der Waals surface area contributed by atoms with Crippen molar-refractivity contribution in [2.45, 2.75) is 6.92 Å². The molecule has 0 saturated heterocycles. The SMILES string of the molecule is Cc1cn2c(-c3ccc(I)cc3)nnc2c2ccccc12. The standard InChI is InChI=1S/C17H12IN3/c1-11-10-21-16(12-6-8-13(18)9-7-12)19-20-17(21)15-5-3-2-4-14(11)15/h2-10H,1H3. The second-order valence-corrected chi connectivity index (χ2v) is 6.33. The van der Waals surface area contributed by atoms with Gasteiger partial charge >= 0.3 is 0 Å². The van der Waals surface area contributed by atoms with E-state index in [0.717, 1.165) is 22.4 Å². The van der Waals surface area contributed by atoms with Crippen LogP contribution in [0.1, 0.15) is 5.56 Å². The summed E-state index contributed by atoms with van der Waals surface area (Å²) < 4.78 is 3.30. The van der Waals surface area contributed by atoms with E-state index < -0.39 is 0 Å². The van der Waals surface area contributed by atoms with E-state index in [9.17, 15) is 0 Å². The third kappa shape index (κ3) is 2.01. The number of benzene rings is 2. The van der Waals surface area contributed by atoms with Crippen LogP contribution in [0.2, 0.25) is 0 Å². The summed E-state index contributed by atoms with van der Waals surface area (Å²) in [4.78, 5) is 0. The first kappa shape index (κ1) is 12.8. The number of rotatable bonds is 1. The Hall–Kier alpha value is -1.95. The molecule has 0 N–H and O–H groups in total. The number of halogens is 1. The quantitative estimate of drug-likeness (QED) is 0.453. The molecule has 0 aliphatic carbocycles. The highest BCUT2D eigenvalue weighted by Crippen LogP contribution is 2.26. The van der Waals surface area contributed by atoms with Crippen LogP contribution in [-0.4, -0.2) is 14.6 Å². The molecule has 0 bridgehead atoms. The molecule has 0 unspecified atom stereocenters. The lowest BCUT2D eigenvalue weighted by molar-refractivity contribution is 1.11. The molecule has 0 aliphatic rings. The summed E-state index contributed by atoms with van der Waals surface area (Å²) in [5, 5.41) is 11.2. The summed E-state index contributed by atoms with van der Waals surface area (Å²) >= 11 is 2.31. The van der Waals surface area contributed by atoms with E-state index in [1.54, 1.807) is 0 Å². The number of fused-ring (bicyclic) bond motifs is 3. The number of hydrogen-bond acceptors (Lipinski definition) is 2. The summed E-state index contributed by atoms with van der Waals surface area (Å²) in [6.45, 7) is 2.12. The van der Waals surface area contributed by atoms with Crippen LogP contribution in [0.15, 0.2) is 54.7 Å². The van der Waals surface area contributed by atoms with Gasteiger partial charge in [0.1, 0.15) is 0 Å². The monoisotopic (exact) mass is 385 g/mol. The number of aryl methyl sites for hydroxylation is 1. The van der Waals surface area contributed by atoms with Gasteiger partial charge in [-0.2, -0.15) is 0 Å². The molecule has 4 heteroatoms. The van der Waals surface area contributed by atoms with E-state index in [1.807, 2.05) is 6.07 Å². The zero-order chi connectivity index (χ0) is 14.4. The summed E-state index contributed by atoms with van der Waals surface area (Å²) in [5.41, 5.74) is 3.21. The van der Waals surface area contributed by atoms with Gasteiger partial charge in [0.15, 0.2) is 11.5 Å². The Morgan fingerprint density at radius 1 is 0.905 bits per heavy atom. The predicted molar refractivity (Wildman–Crippen MR) is 93.4 cm³/mol. The van der Waals surface area contributed by atoms with E-state index >= 15 is 0 Å². The van der Waals surface area contributed by atoms with Gasteiger partial charge in [-0.25, -0.2) is 0 Å². The molecule has 4 rings (SSSR count). The molecule has 2 aromatic heterocycles. The van der Waals surface area contributed by atoms with Crippen molar-refractivity contribution < 1.29 is 0 Å². The minimum atomic E-state index is 0.884. The lowest BCUT2D eigenvalue weighted by Gasteiger charge is -2.06. The summed E-state index contributed by atoms with van der Waals surface area (Å²) in [6.07, 6.45) is 2.12. The largest absolute Gasteiger partial charge is 0.282 e. The molecule has 3 nitrogen and oxygen atoms in total. The van der Waals surface area contributed by atoms with E-state index in [-0.39, 0.29) is 0 Å². The van der Waals surface area contributed by atoms with Gasteiger partial charge < -0.3 is 0 Å². The Morgan fingerprint density at radius 3 is 2.38 bits per heavy atom. The second kappa shape index (κ2) is 4.80. The summed E-state index contributed by atoms with van der Waals surface area (Å²) in [6, 6.07) is 16.7. The van der Waals surface area contributed by atoms with Crippen molar-refractivity contribution in [2.24, 2.45) is 0 Å². The molecule has 4 aromatic rings. The fraction of sp³-hybridized carbons (Fsp3) is 0.0588. The molecule has 102 valence electrons. The van der Waals surface area contributed by atoms with E-state index in [0.29, 0.717) is 0 Å². The van der Waals surface area contributed by atoms with E-state index in [4.69, 9.17) is 0 Å². The number of pyridine rings is 1. The summed E-state index contributed by atoms with van der Waals surface area (Å²) in [5.74, 6) is 0.884. The van der Waals surface area contributed by atoms with Crippen LogP contribution < -0.4 is 0 Å². The van der Waals surface area contributed by atoms with Crippen molar-refractivity contribution in [3.8, 4) is 11.4 Å². The van der Waals surface area contributed by atoms with Gasteiger partial charge in [0, 0.05) is 20.7 Å². The van der Waals surface area contributed by atoms with Gasteiger partial charge in [0.2, 0.25) is 0 Å². The molecule has 0 aliphatic heterocycles. The molecule has 0 amide bonds. The van der Waals surface area contributed by atoms with E-state index in [2.05, 4.69) is 92.8 Å². The Morgan fingerprint density at radius 2 is 1.62 bits per heavy atom. The maximum atomic E-state index is 4.40. The first-order chi connectivity index (χ1) is 10.2. The number of hydrogen-bond donors (Lipinski definition) is 0. The van der Waals surface area contributed by atoms with Crippen LogP contribution in [0.4, 0.5) is 0 Å². The van der Waals surface area contributed by atoms with Crippen LogP contribution in [-0.2, 0) is 0 Å². The van der Waals surface area contributed by atoms with Crippen LogP contribution in [0.5, 0.6) is 0 Å². The van der Waals surface area contributed by atoms with Crippen molar-refractivity contribution in [3.63, 3.8) is 0 Å². The normalized spacial score (nSPS) is 11.3. The molecule has 0 spiro atoms. The molecule has 0 fully saturated rings. The molecular weight excluding hydrogens is 373 g/mol. The Bertz CT molecular complexity index is 955. The third-order valence-electron chi connectivity index (χ3n) is 3.71. The van der Waals surface area contributed by atoms with Crippen LogP contribution in [0.25, 0.3) is 27.8 Å². The zero-order valence-corrected chi connectivity index (χ0v) is 13.6. The van der Waals surface area contributed by atoms with Crippen molar-refractivity contribution in [2.75, 3.05) is 0 Å². The maximum Gasteiger partial charge on any atom is 0.168 e. The van der Waals surface area contributed by atoms with Crippen molar-refractivity contribution in [1.29, 1.82) is 0 Å². The molecule has 0 atom stereocenters. The average Bonchev–Trinajstić information content (AvgIpc) is 2.92. The topological polar surface area (TPSA) is 30.2 Å². The highest BCUT2D eigenvalue weighted by atomic mass is 127. The minimum absolute atomic E-state index is 0.884. The Balaban J connectivity index is 2.06. The lowest BCUT2D eigenvalue weighted by Crippen LogP contribution is -1.92. The highest BCUT2D eigenvalue weighted by Gasteiger charge is 2.11. The molecule has 2 aromatic carbocycles. The van der Waals surface area contributed by atoms with Crippen molar-refractivity contribution in [1.82, 2.24) is 14.6 Å². The smallest absolute Gasteiger partial charge is 0.168 e. The first-order valence-electron chi connectivity index (χ1n) is 6.73. The minimum Gasteiger partial charge on any atom is -0.282 e. The predicted octanol–water partition coefficient (Wildman–Crippen LogP) is 4.46. The van der Waals surface area contributed by atoms with Crippen molar-refractivity contribution >= 4 is 39.0 Å². The van der Waals surface area contributed by atoms with E-state index in [1.165, 1.54) is 14.5 Å². The summed E-state index contributed by atoms with van der Waals surface area (Å²) in [7, 11) is 0. The lowest BCUT2D eigenvalue weighted by atomic mass is 10.1. The maximum absolute atomic E-state index is 4.40. The van der Waals surface area contributed by atoms with Crippen LogP contribution >= 0.6 is 22.6 Å². The highest BCUT2D eigenvalue weighted by molar-refractivity contribution is 14.1. The van der Waals surface area contributed by atoms with Gasteiger partial charge in [-0.3, -0.25) is 4.40 Å². The van der Waals surface area contributed by atoms with Gasteiger partial charge in [0.25, 0.3) is 0 Å². The van der Waals surface area contributed by atoms with Gasteiger partial charge in [-0.1, -0.05) is 36.4 Å². The van der Waals surface area contributed by atoms with Gasteiger partial charge in [-0.05, 0) is 52.6 Å². The van der Waals surface area contributed by atoms with Gasteiger partial charge in [0.05, 0.1) is 0 Å². The molecule has 21 heavy (non-hydrogen) atoms. The molecular formula is C17H12IN3. The van der Waals surface area contributed by atoms with Crippen LogP contribution in [0.3, 0.4) is 0 Å². The molecule has 0 saturated carbocycles. The Kier molecular flexibility index (Phi) is 2.92. The first-order valence-corrected chi connectivity index (χ1v) is 7.81. The van der Waals surface area contributed by atoms with Crippen LogP contribution in [0, 0.1) is 10.5 Å². The Labute approximate surface area is 135 Å². The molecule has 0 radical (unpaired) electrons. The molecule has 2 heterocycles. The van der Waals surface area contributed by atoms with Gasteiger partial charge in [-0.15, -0.1) is 10.2 Å².